The van der Waals surface area contributed by atoms with Gasteiger partial charge in [0.1, 0.15) is 0 Å². The highest BCUT2D eigenvalue weighted by atomic mass is 16.5. The summed E-state index contributed by atoms with van der Waals surface area (Å²) in [4.78, 5) is 22.2. The number of hydrogen-bond donors (Lipinski definition) is 4. The standard InChI is InChI=1S/C16H34N4O4/c1-3-23-15(21)5-7-17-9-11-19-13-14-20-12-10-18-8-6-16(22)24-4-2/h17-20H,3-14H2,1-2H3. The Balaban J connectivity index is 3.10. The molecule has 0 radical (unpaired) electrons. The molecule has 0 aromatic rings. The quantitative estimate of drug-likeness (QED) is 0.202. The van der Waals surface area contributed by atoms with Gasteiger partial charge in [-0.3, -0.25) is 9.59 Å². The monoisotopic (exact) mass is 346 g/mol. The molecule has 0 aliphatic heterocycles. The average molecular weight is 346 g/mol. The van der Waals surface area contributed by atoms with Crippen LogP contribution in [0, 0.1) is 0 Å². The van der Waals surface area contributed by atoms with E-state index in [1.165, 1.54) is 0 Å². The van der Waals surface area contributed by atoms with Crippen LogP contribution < -0.4 is 21.3 Å². The molecule has 0 atom stereocenters. The lowest BCUT2D eigenvalue weighted by Crippen LogP contribution is -2.35. The summed E-state index contributed by atoms with van der Waals surface area (Å²) in [5, 5.41) is 13.0. The molecule has 0 aliphatic rings. The Hall–Kier alpha value is -1.22. The lowest BCUT2D eigenvalue weighted by molar-refractivity contribution is -0.143. The van der Waals surface area contributed by atoms with Crippen LogP contribution in [0.5, 0.6) is 0 Å². The van der Waals surface area contributed by atoms with E-state index in [4.69, 9.17) is 9.47 Å². The molecule has 0 amide bonds. The number of rotatable bonds is 17. The predicted molar refractivity (Wildman–Crippen MR) is 94.0 cm³/mol. The first-order valence-corrected chi connectivity index (χ1v) is 8.84. The molecule has 0 aromatic heterocycles. The summed E-state index contributed by atoms with van der Waals surface area (Å²) in [6.45, 7) is 11.0. The van der Waals surface area contributed by atoms with Crippen molar-refractivity contribution < 1.29 is 19.1 Å². The van der Waals surface area contributed by atoms with E-state index in [0.717, 1.165) is 39.3 Å². The second kappa shape index (κ2) is 18.1. The molecule has 0 saturated heterocycles. The molecular formula is C16H34N4O4. The minimum absolute atomic E-state index is 0.155. The van der Waals surface area contributed by atoms with Gasteiger partial charge in [0.25, 0.3) is 0 Å². The minimum Gasteiger partial charge on any atom is -0.466 e. The third-order valence-electron chi connectivity index (χ3n) is 3.06. The predicted octanol–water partition coefficient (Wildman–Crippen LogP) is -0.749. The van der Waals surface area contributed by atoms with Gasteiger partial charge in [0.2, 0.25) is 0 Å². The number of esters is 2. The lowest BCUT2D eigenvalue weighted by Gasteiger charge is -2.08. The Morgan fingerprint density at radius 2 is 0.875 bits per heavy atom. The number of nitrogens with one attached hydrogen (secondary N) is 4. The molecule has 0 heterocycles. The summed E-state index contributed by atoms with van der Waals surface area (Å²) >= 11 is 0. The Bertz CT molecular complexity index is 286. The summed E-state index contributed by atoms with van der Waals surface area (Å²) in [5.74, 6) is -0.309. The summed E-state index contributed by atoms with van der Waals surface area (Å²) in [5.41, 5.74) is 0. The molecule has 0 fully saturated rings. The van der Waals surface area contributed by atoms with Gasteiger partial charge in [-0.05, 0) is 13.8 Å². The fraction of sp³-hybridized carbons (Fsp3) is 0.875. The molecule has 4 N–H and O–H groups in total. The summed E-state index contributed by atoms with van der Waals surface area (Å²) in [6, 6.07) is 0. The van der Waals surface area contributed by atoms with Crippen LogP contribution in [0.2, 0.25) is 0 Å². The van der Waals surface area contributed by atoms with E-state index in [-0.39, 0.29) is 11.9 Å². The zero-order chi connectivity index (χ0) is 17.9. The molecule has 8 heteroatoms. The molecule has 8 nitrogen and oxygen atoms in total. The smallest absolute Gasteiger partial charge is 0.307 e. The second-order valence-corrected chi connectivity index (χ2v) is 5.11. The number of carbonyl (C=O) groups is 2. The van der Waals surface area contributed by atoms with Crippen molar-refractivity contribution in [2.75, 3.05) is 65.6 Å². The van der Waals surface area contributed by atoms with E-state index in [1.807, 2.05) is 13.8 Å². The fourth-order valence-electron chi connectivity index (χ4n) is 1.88. The van der Waals surface area contributed by atoms with Gasteiger partial charge >= 0.3 is 11.9 Å². The van der Waals surface area contributed by atoms with Crippen molar-refractivity contribution in [1.82, 2.24) is 21.3 Å². The summed E-state index contributed by atoms with van der Waals surface area (Å²) in [6.07, 6.45) is 0.830. The zero-order valence-electron chi connectivity index (χ0n) is 15.1. The van der Waals surface area contributed by atoms with Crippen LogP contribution in [0.15, 0.2) is 0 Å². The molecular weight excluding hydrogens is 312 g/mol. The Kier molecular flexibility index (Phi) is 17.2. The average Bonchev–Trinajstić information content (AvgIpc) is 2.55. The van der Waals surface area contributed by atoms with E-state index in [0.29, 0.717) is 39.1 Å². The van der Waals surface area contributed by atoms with E-state index >= 15 is 0 Å². The van der Waals surface area contributed by atoms with Crippen molar-refractivity contribution in [3.05, 3.63) is 0 Å². The second-order valence-electron chi connectivity index (χ2n) is 5.11. The van der Waals surface area contributed by atoms with Crippen molar-refractivity contribution in [2.24, 2.45) is 0 Å². The third-order valence-corrected chi connectivity index (χ3v) is 3.06. The van der Waals surface area contributed by atoms with Crippen LogP contribution in [0.3, 0.4) is 0 Å². The molecule has 0 aliphatic carbocycles. The highest BCUT2D eigenvalue weighted by Gasteiger charge is 2.00. The molecule has 24 heavy (non-hydrogen) atoms. The minimum atomic E-state index is -0.155. The number of ether oxygens (including phenoxy) is 2. The molecule has 0 spiro atoms. The molecule has 0 bridgehead atoms. The molecule has 0 rings (SSSR count). The van der Waals surface area contributed by atoms with Crippen molar-refractivity contribution in [1.29, 1.82) is 0 Å². The van der Waals surface area contributed by atoms with Crippen LogP contribution in [0.4, 0.5) is 0 Å². The van der Waals surface area contributed by atoms with E-state index in [1.54, 1.807) is 0 Å². The van der Waals surface area contributed by atoms with Gasteiger partial charge in [-0.1, -0.05) is 0 Å². The number of hydrogen-bond acceptors (Lipinski definition) is 8. The molecule has 0 aromatic carbocycles. The molecule has 0 saturated carbocycles. The fourth-order valence-corrected chi connectivity index (χ4v) is 1.88. The van der Waals surface area contributed by atoms with Crippen LogP contribution in [-0.4, -0.2) is 77.5 Å². The van der Waals surface area contributed by atoms with Gasteiger partial charge in [0, 0.05) is 52.4 Å². The molecule has 142 valence electrons. The van der Waals surface area contributed by atoms with E-state index in [2.05, 4.69) is 21.3 Å². The highest BCUT2D eigenvalue weighted by Crippen LogP contribution is 1.84. The van der Waals surface area contributed by atoms with Crippen molar-refractivity contribution in [2.45, 2.75) is 26.7 Å². The summed E-state index contributed by atoms with van der Waals surface area (Å²) in [7, 11) is 0. The zero-order valence-corrected chi connectivity index (χ0v) is 15.1. The first kappa shape index (κ1) is 22.8. The largest absolute Gasteiger partial charge is 0.466 e. The van der Waals surface area contributed by atoms with Crippen LogP contribution in [-0.2, 0) is 19.1 Å². The SMILES string of the molecule is CCOC(=O)CCNCCNCCNCCNCCC(=O)OCC. The lowest BCUT2D eigenvalue weighted by atomic mass is 10.4. The van der Waals surface area contributed by atoms with Crippen LogP contribution in [0.1, 0.15) is 26.7 Å². The van der Waals surface area contributed by atoms with Crippen molar-refractivity contribution in [3.63, 3.8) is 0 Å². The van der Waals surface area contributed by atoms with Crippen LogP contribution in [0.25, 0.3) is 0 Å². The van der Waals surface area contributed by atoms with E-state index in [9.17, 15) is 9.59 Å². The first-order chi connectivity index (χ1) is 11.7. The van der Waals surface area contributed by atoms with Gasteiger partial charge in [-0.2, -0.15) is 0 Å². The van der Waals surface area contributed by atoms with Gasteiger partial charge in [-0.15, -0.1) is 0 Å². The Labute approximate surface area is 145 Å². The van der Waals surface area contributed by atoms with Crippen molar-refractivity contribution >= 4 is 11.9 Å². The first-order valence-electron chi connectivity index (χ1n) is 8.84. The van der Waals surface area contributed by atoms with E-state index < -0.39 is 0 Å². The Morgan fingerprint density at radius 3 is 1.17 bits per heavy atom. The number of carbonyl (C=O) groups excluding carboxylic acids is 2. The van der Waals surface area contributed by atoms with Crippen LogP contribution >= 0.6 is 0 Å². The topological polar surface area (TPSA) is 101 Å². The van der Waals surface area contributed by atoms with Gasteiger partial charge in [0.15, 0.2) is 0 Å². The van der Waals surface area contributed by atoms with Gasteiger partial charge in [0.05, 0.1) is 26.1 Å². The maximum atomic E-state index is 11.1. The van der Waals surface area contributed by atoms with Crippen molar-refractivity contribution in [3.8, 4) is 0 Å². The normalized spacial score (nSPS) is 10.6. The maximum Gasteiger partial charge on any atom is 0.307 e. The highest BCUT2D eigenvalue weighted by molar-refractivity contribution is 5.69. The summed E-state index contributed by atoms with van der Waals surface area (Å²) < 4.78 is 9.68. The van der Waals surface area contributed by atoms with Gasteiger partial charge < -0.3 is 30.7 Å². The maximum absolute atomic E-state index is 11.1. The van der Waals surface area contributed by atoms with Gasteiger partial charge in [-0.25, -0.2) is 0 Å². The Morgan fingerprint density at radius 1 is 0.583 bits per heavy atom. The molecule has 0 unspecified atom stereocenters. The third kappa shape index (κ3) is 17.1.